The van der Waals surface area contributed by atoms with E-state index in [9.17, 15) is 9.59 Å². The second-order valence-corrected chi connectivity index (χ2v) is 4.90. The molecule has 2 amide bonds. The first-order chi connectivity index (χ1) is 10.1. The van der Waals surface area contributed by atoms with Crippen molar-refractivity contribution in [2.75, 3.05) is 11.9 Å². The van der Waals surface area contributed by atoms with Crippen LogP contribution in [0.3, 0.4) is 0 Å². The van der Waals surface area contributed by atoms with Gasteiger partial charge in [0.2, 0.25) is 0 Å². The maximum absolute atomic E-state index is 11.8. The number of hydrogen-bond acceptors (Lipinski definition) is 3. The van der Waals surface area contributed by atoms with E-state index in [1.165, 1.54) is 17.1 Å². The molecule has 0 saturated carbocycles. The molecule has 0 spiro atoms. The Hall–Kier alpha value is -2.34. The van der Waals surface area contributed by atoms with Gasteiger partial charge in [-0.25, -0.2) is 9.78 Å². The van der Waals surface area contributed by atoms with E-state index in [2.05, 4.69) is 15.6 Å². The number of rotatable bonds is 4. The number of nitrogens with zero attached hydrogens (tertiary/aromatic N) is 2. The Morgan fingerprint density at radius 3 is 3.00 bits per heavy atom. The van der Waals surface area contributed by atoms with E-state index in [0.29, 0.717) is 29.4 Å². The number of amides is 2. The zero-order valence-corrected chi connectivity index (χ0v) is 12.2. The molecule has 2 N–H and O–H groups in total. The van der Waals surface area contributed by atoms with Crippen molar-refractivity contribution in [3.05, 3.63) is 57.7 Å². The minimum Gasteiger partial charge on any atom is -0.336 e. The topological polar surface area (TPSA) is 76.0 Å². The summed E-state index contributed by atoms with van der Waals surface area (Å²) in [5.41, 5.74) is 1.07. The molecular formula is C14H15ClN4O2. The second kappa shape index (κ2) is 6.90. The highest BCUT2D eigenvalue weighted by molar-refractivity contribution is 6.30. The van der Waals surface area contributed by atoms with Gasteiger partial charge in [0.05, 0.1) is 6.33 Å². The normalized spacial score (nSPS) is 10.2. The smallest absolute Gasteiger partial charge is 0.319 e. The third-order valence-electron chi connectivity index (χ3n) is 2.79. The van der Waals surface area contributed by atoms with Gasteiger partial charge in [0.25, 0.3) is 5.56 Å². The third kappa shape index (κ3) is 4.32. The van der Waals surface area contributed by atoms with Crippen molar-refractivity contribution in [1.82, 2.24) is 14.9 Å². The predicted octanol–water partition coefficient (Wildman–Crippen LogP) is 2.03. The van der Waals surface area contributed by atoms with Crippen LogP contribution in [0.15, 0.2) is 41.6 Å². The summed E-state index contributed by atoms with van der Waals surface area (Å²) in [6.07, 6.45) is 2.96. The lowest BCUT2D eigenvalue weighted by molar-refractivity contribution is 0.251. The van der Waals surface area contributed by atoms with Gasteiger partial charge < -0.3 is 10.6 Å². The molecule has 2 aromatic rings. The van der Waals surface area contributed by atoms with Gasteiger partial charge in [-0.1, -0.05) is 17.7 Å². The molecule has 1 aromatic heterocycles. The van der Waals surface area contributed by atoms with E-state index in [1.54, 1.807) is 31.2 Å². The van der Waals surface area contributed by atoms with Crippen molar-refractivity contribution >= 4 is 23.3 Å². The first kappa shape index (κ1) is 15.1. The van der Waals surface area contributed by atoms with Crippen molar-refractivity contribution < 1.29 is 4.79 Å². The highest BCUT2D eigenvalue weighted by Gasteiger charge is 2.03. The summed E-state index contributed by atoms with van der Waals surface area (Å²) >= 11 is 5.83. The average molecular weight is 307 g/mol. The zero-order chi connectivity index (χ0) is 15.2. The van der Waals surface area contributed by atoms with Gasteiger partial charge >= 0.3 is 6.03 Å². The number of aromatic nitrogens is 2. The van der Waals surface area contributed by atoms with E-state index in [1.807, 2.05) is 0 Å². The highest BCUT2D eigenvalue weighted by Crippen LogP contribution is 2.14. The van der Waals surface area contributed by atoms with Crippen LogP contribution in [0, 0.1) is 6.92 Å². The van der Waals surface area contributed by atoms with Crippen molar-refractivity contribution in [2.45, 2.75) is 13.5 Å². The molecule has 21 heavy (non-hydrogen) atoms. The fourth-order valence-electron chi connectivity index (χ4n) is 1.75. The summed E-state index contributed by atoms with van der Waals surface area (Å²) in [4.78, 5) is 27.4. The fourth-order valence-corrected chi connectivity index (χ4v) is 1.94. The lowest BCUT2D eigenvalue weighted by Crippen LogP contribution is -2.34. The number of urea groups is 1. The Morgan fingerprint density at radius 1 is 1.43 bits per heavy atom. The number of carbonyl (C=O) groups is 1. The molecule has 7 heteroatoms. The lowest BCUT2D eigenvalue weighted by Gasteiger charge is -2.09. The molecule has 0 bridgehead atoms. The van der Waals surface area contributed by atoms with Gasteiger partial charge in [-0.2, -0.15) is 0 Å². The number of hydrogen-bond donors (Lipinski definition) is 2. The van der Waals surface area contributed by atoms with Gasteiger partial charge in [-0.15, -0.1) is 0 Å². The van der Waals surface area contributed by atoms with Crippen molar-refractivity contribution in [3.8, 4) is 0 Å². The van der Waals surface area contributed by atoms with E-state index >= 15 is 0 Å². The van der Waals surface area contributed by atoms with Crippen LogP contribution in [0.4, 0.5) is 10.5 Å². The first-order valence-corrected chi connectivity index (χ1v) is 6.75. The summed E-state index contributed by atoms with van der Waals surface area (Å²) in [6.45, 7) is 2.37. The minimum atomic E-state index is -0.356. The number of halogens is 1. The summed E-state index contributed by atoms with van der Waals surface area (Å²) in [7, 11) is 0. The summed E-state index contributed by atoms with van der Waals surface area (Å²) in [6, 6.07) is 6.50. The second-order valence-electron chi connectivity index (χ2n) is 4.47. The van der Waals surface area contributed by atoms with Gasteiger partial charge in [0, 0.05) is 35.6 Å². The first-order valence-electron chi connectivity index (χ1n) is 6.38. The monoisotopic (exact) mass is 306 g/mol. The molecular weight excluding hydrogens is 292 g/mol. The Labute approximate surface area is 126 Å². The SMILES string of the molecule is Cc1cncn(CCNC(=O)Nc2cccc(Cl)c2)c1=O. The maximum Gasteiger partial charge on any atom is 0.319 e. The molecule has 110 valence electrons. The summed E-state index contributed by atoms with van der Waals surface area (Å²) < 4.78 is 1.45. The highest BCUT2D eigenvalue weighted by atomic mass is 35.5. The molecule has 0 aliphatic heterocycles. The summed E-state index contributed by atoms with van der Waals surface area (Å²) in [5, 5.41) is 5.87. The van der Waals surface area contributed by atoms with E-state index in [4.69, 9.17) is 11.6 Å². The van der Waals surface area contributed by atoms with E-state index in [0.717, 1.165) is 0 Å². The predicted molar refractivity (Wildman–Crippen MR) is 81.7 cm³/mol. The van der Waals surface area contributed by atoms with E-state index in [-0.39, 0.29) is 11.6 Å². The number of aryl methyl sites for hydroxylation is 1. The van der Waals surface area contributed by atoms with Crippen LogP contribution in [0.1, 0.15) is 5.56 Å². The number of benzene rings is 1. The average Bonchev–Trinajstić information content (AvgIpc) is 2.43. The lowest BCUT2D eigenvalue weighted by atomic mass is 10.3. The molecule has 1 aromatic carbocycles. The molecule has 0 radical (unpaired) electrons. The Balaban J connectivity index is 1.85. The van der Waals surface area contributed by atoms with E-state index < -0.39 is 0 Å². The van der Waals surface area contributed by atoms with Crippen LogP contribution in [0.2, 0.25) is 5.02 Å². The maximum atomic E-state index is 11.8. The molecule has 0 saturated heterocycles. The van der Waals surface area contributed by atoms with Crippen molar-refractivity contribution in [1.29, 1.82) is 0 Å². The third-order valence-corrected chi connectivity index (χ3v) is 3.03. The van der Waals surface area contributed by atoms with Crippen molar-refractivity contribution in [2.24, 2.45) is 0 Å². The number of carbonyl (C=O) groups excluding carboxylic acids is 1. The van der Waals surface area contributed by atoms with Crippen LogP contribution in [0.5, 0.6) is 0 Å². The Kier molecular flexibility index (Phi) is 4.94. The standard InChI is InChI=1S/C14H15ClN4O2/c1-10-8-16-9-19(13(10)20)6-5-17-14(21)18-12-4-2-3-11(15)7-12/h2-4,7-9H,5-6H2,1H3,(H2,17,18,21). The zero-order valence-electron chi connectivity index (χ0n) is 11.5. The molecule has 6 nitrogen and oxygen atoms in total. The Bertz CT molecular complexity index is 699. The molecule has 1 heterocycles. The van der Waals surface area contributed by atoms with Crippen LogP contribution in [-0.2, 0) is 6.54 Å². The van der Waals surface area contributed by atoms with Crippen molar-refractivity contribution in [3.63, 3.8) is 0 Å². The minimum absolute atomic E-state index is 0.109. The van der Waals surface area contributed by atoms with Crippen LogP contribution in [-0.4, -0.2) is 22.1 Å². The molecule has 2 rings (SSSR count). The van der Waals surface area contributed by atoms with Crippen LogP contribution >= 0.6 is 11.6 Å². The van der Waals surface area contributed by atoms with Gasteiger partial charge in [-0.3, -0.25) is 9.36 Å². The largest absolute Gasteiger partial charge is 0.336 e. The molecule has 0 aliphatic rings. The quantitative estimate of drug-likeness (QED) is 0.907. The van der Waals surface area contributed by atoms with Crippen LogP contribution < -0.4 is 16.2 Å². The summed E-state index contributed by atoms with van der Waals surface area (Å²) in [5.74, 6) is 0. The fraction of sp³-hybridized carbons (Fsp3) is 0.214. The molecule has 0 unspecified atom stereocenters. The van der Waals surface area contributed by atoms with Gasteiger partial charge in [0.1, 0.15) is 0 Å². The number of anilines is 1. The molecule has 0 aliphatic carbocycles. The number of nitrogens with one attached hydrogen (secondary N) is 2. The molecule has 0 fully saturated rings. The van der Waals surface area contributed by atoms with Gasteiger partial charge in [-0.05, 0) is 25.1 Å². The van der Waals surface area contributed by atoms with Gasteiger partial charge in [0.15, 0.2) is 0 Å². The Morgan fingerprint density at radius 2 is 2.24 bits per heavy atom. The van der Waals surface area contributed by atoms with Crippen LogP contribution in [0.25, 0.3) is 0 Å². The molecule has 0 atom stereocenters.